The van der Waals surface area contributed by atoms with Gasteiger partial charge in [-0.2, -0.15) is 0 Å². The quantitative estimate of drug-likeness (QED) is 0.740. The lowest BCUT2D eigenvalue weighted by Gasteiger charge is -2.46. The normalized spacial score (nSPS) is 27.0. The second-order valence-electron chi connectivity index (χ2n) is 5.34. The van der Waals surface area contributed by atoms with Crippen molar-refractivity contribution in [2.24, 2.45) is 5.73 Å². The van der Waals surface area contributed by atoms with Crippen LogP contribution in [0, 0.1) is 0 Å². The minimum absolute atomic E-state index is 0.0105. The third-order valence-electron chi connectivity index (χ3n) is 3.79. The van der Waals surface area contributed by atoms with E-state index in [2.05, 4.69) is 30.8 Å². The molecule has 1 rings (SSSR count). The molecule has 2 N–H and O–H groups in total. The molecule has 0 saturated carbocycles. The molecule has 2 unspecified atom stereocenters. The molecule has 1 aliphatic heterocycles. The average Bonchev–Trinajstić information content (AvgIpc) is 2.29. The first-order valence-corrected chi connectivity index (χ1v) is 6.14. The number of likely N-dealkylation sites (tertiary alicyclic amines) is 1. The molecule has 16 heavy (non-hydrogen) atoms. The van der Waals surface area contributed by atoms with Crippen molar-refractivity contribution in [3.8, 4) is 0 Å². The van der Waals surface area contributed by atoms with Gasteiger partial charge in [0.2, 0.25) is 0 Å². The average molecular weight is 229 g/mol. The predicted molar refractivity (Wildman–Crippen MR) is 67.6 cm³/mol. The number of hydrogen-bond donors (Lipinski definition) is 1. The Morgan fingerprint density at radius 3 is 2.69 bits per heavy atom. The number of nitrogens with zero attached hydrogens (tertiary/aromatic N) is 2. The number of methoxy groups -OCH3 is 1. The highest BCUT2D eigenvalue weighted by Crippen LogP contribution is 2.22. The Labute approximate surface area is 99.7 Å². The summed E-state index contributed by atoms with van der Waals surface area (Å²) in [6, 6.07) is 0.650. The van der Waals surface area contributed by atoms with Gasteiger partial charge in [0.05, 0.1) is 12.1 Å². The Bertz CT molecular complexity index is 210. The van der Waals surface area contributed by atoms with Crippen LogP contribution in [0.4, 0.5) is 0 Å². The van der Waals surface area contributed by atoms with Gasteiger partial charge in [-0.05, 0) is 40.4 Å². The fourth-order valence-corrected chi connectivity index (χ4v) is 2.46. The number of rotatable bonds is 5. The molecule has 0 aliphatic carbocycles. The number of piperidine rings is 1. The Hall–Kier alpha value is -0.160. The van der Waals surface area contributed by atoms with E-state index in [9.17, 15) is 0 Å². The molecule has 0 radical (unpaired) electrons. The molecule has 1 saturated heterocycles. The van der Waals surface area contributed by atoms with Crippen LogP contribution in [-0.2, 0) is 4.74 Å². The van der Waals surface area contributed by atoms with Gasteiger partial charge in [0, 0.05) is 26.2 Å². The largest absolute Gasteiger partial charge is 0.383 e. The zero-order valence-electron chi connectivity index (χ0n) is 11.2. The van der Waals surface area contributed by atoms with E-state index in [0.717, 1.165) is 13.1 Å². The zero-order valence-corrected chi connectivity index (χ0v) is 11.2. The highest BCUT2D eigenvalue weighted by atomic mass is 16.5. The van der Waals surface area contributed by atoms with Crippen molar-refractivity contribution in [1.29, 1.82) is 0 Å². The topological polar surface area (TPSA) is 41.7 Å². The van der Waals surface area contributed by atoms with Crippen molar-refractivity contribution in [2.45, 2.75) is 31.3 Å². The Kier molecular flexibility index (Phi) is 5.18. The van der Waals surface area contributed by atoms with Gasteiger partial charge in [0.15, 0.2) is 0 Å². The summed E-state index contributed by atoms with van der Waals surface area (Å²) in [4.78, 5) is 4.81. The molecular formula is C12H27N3O. The van der Waals surface area contributed by atoms with E-state index >= 15 is 0 Å². The summed E-state index contributed by atoms with van der Waals surface area (Å²) in [5.74, 6) is 0. The first-order valence-electron chi connectivity index (χ1n) is 6.14. The van der Waals surface area contributed by atoms with E-state index in [-0.39, 0.29) is 5.54 Å². The van der Waals surface area contributed by atoms with Gasteiger partial charge < -0.3 is 15.4 Å². The van der Waals surface area contributed by atoms with Crippen molar-refractivity contribution < 1.29 is 4.74 Å². The van der Waals surface area contributed by atoms with Gasteiger partial charge >= 0.3 is 0 Å². The van der Waals surface area contributed by atoms with E-state index in [1.54, 1.807) is 7.11 Å². The number of likely N-dealkylation sites (N-methyl/N-ethyl adjacent to an activating group) is 1. The van der Waals surface area contributed by atoms with Crippen LogP contribution in [0.5, 0.6) is 0 Å². The third-order valence-corrected chi connectivity index (χ3v) is 3.79. The number of ether oxygens (including phenoxy) is 1. The van der Waals surface area contributed by atoms with E-state index in [1.807, 2.05) is 0 Å². The highest BCUT2D eigenvalue weighted by molar-refractivity contribution is 4.92. The van der Waals surface area contributed by atoms with Crippen LogP contribution in [0.1, 0.15) is 19.8 Å². The third kappa shape index (κ3) is 3.17. The maximum Gasteiger partial charge on any atom is 0.0656 e. The van der Waals surface area contributed by atoms with Crippen molar-refractivity contribution in [3.63, 3.8) is 0 Å². The second-order valence-corrected chi connectivity index (χ2v) is 5.34. The molecule has 1 heterocycles. The fraction of sp³-hybridized carbons (Fsp3) is 1.00. The summed E-state index contributed by atoms with van der Waals surface area (Å²) in [6.45, 7) is 5.81. The first kappa shape index (κ1) is 13.9. The molecule has 0 aromatic heterocycles. The van der Waals surface area contributed by atoms with Gasteiger partial charge in [0.1, 0.15) is 0 Å². The Morgan fingerprint density at radius 1 is 1.50 bits per heavy atom. The van der Waals surface area contributed by atoms with Crippen LogP contribution >= 0.6 is 0 Å². The summed E-state index contributed by atoms with van der Waals surface area (Å²) in [6.07, 6.45) is 2.54. The standard InChI is InChI=1S/C12H27N3O/c1-12(9-13,10-16-4)15-7-5-6-11(8-15)14(2)3/h11H,5-10,13H2,1-4H3. The molecule has 0 bridgehead atoms. The van der Waals surface area contributed by atoms with Gasteiger partial charge in [-0.3, -0.25) is 4.90 Å². The van der Waals surface area contributed by atoms with Gasteiger partial charge in [-0.15, -0.1) is 0 Å². The van der Waals surface area contributed by atoms with Crippen LogP contribution < -0.4 is 5.73 Å². The lowest BCUT2D eigenvalue weighted by Crippen LogP contribution is -2.60. The van der Waals surface area contributed by atoms with E-state index in [1.165, 1.54) is 12.8 Å². The predicted octanol–water partition coefficient (Wildman–Crippen LogP) is 0.376. The monoisotopic (exact) mass is 229 g/mol. The molecule has 1 fully saturated rings. The fourth-order valence-electron chi connectivity index (χ4n) is 2.46. The molecule has 0 amide bonds. The van der Waals surface area contributed by atoms with Gasteiger partial charge in [-0.25, -0.2) is 0 Å². The maximum atomic E-state index is 5.91. The lowest BCUT2D eigenvalue weighted by molar-refractivity contribution is -0.00433. The minimum Gasteiger partial charge on any atom is -0.383 e. The summed E-state index contributed by atoms with van der Waals surface area (Å²) in [5, 5.41) is 0. The lowest BCUT2D eigenvalue weighted by atomic mass is 9.95. The van der Waals surface area contributed by atoms with Crippen molar-refractivity contribution in [3.05, 3.63) is 0 Å². The second kappa shape index (κ2) is 5.96. The summed E-state index contributed by atoms with van der Waals surface area (Å²) in [5.41, 5.74) is 5.90. The molecule has 0 spiro atoms. The summed E-state index contributed by atoms with van der Waals surface area (Å²) < 4.78 is 5.31. The molecule has 2 atom stereocenters. The Balaban J connectivity index is 2.63. The highest BCUT2D eigenvalue weighted by Gasteiger charge is 2.34. The number of nitrogens with two attached hydrogens (primary N) is 1. The molecule has 0 aromatic carbocycles. The Morgan fingerprint density at radius 2 is 2.19 bits per heavy atom. The van der Waals surface area contributed by atoms with Gasteiger partial charge in [-0.1, -0.05) is 0 Å². The van der Waals surface area contributed by atoms with Crippen LogP contribution in [0.2, 0.25) is 0 Å². The maximum absolute atomic E-state index is 5.91. The molecule has 1 aliphatic rings. The summed E-state index contributed by atoms with van der Waals surface area (Å²) in [7, 11) is 6.07. The molecule has 4 nitrogen and oxygen atoms in total. The summed E-state index contributed by atoms with van der Waals surface area (Å²) >= 11 is 0. The SMILES string of the molecule is COCC(C)(CN)N1CCCC(N(C)C)C1. The van der Waals surface area contributed by atoms with Crippen molar-refractivity contribution >= 4 is 0 Å². The molecule has 0 aromatic rings. The smallest absolute Gasteiger partial charge is 0.0656 e. The van der Waals surface area contributed by atoms with E-state index < -0.39 is 0 Å². The van der Waals surface area contributed by atoms with E-state index in [0.29, 0.717) is 19.2 Å². The van der Waals surface area contributed by atoms with Crippen LogP contribution in [-0.4, -0.2) is 68.8 Å². The molecule has 4 heteroatoms. The minimum atomic E-state index is -0.0105. The first-order chi connectivity index (χ1) is 7.53. The van der Waals surface area contributed by atoms with Crippen LogP contribution in [0.25, 0.3) is 0 Å². The van der Waals surface area contributed by atoms with Crippen LogP contribution in [0.3, 0.4) is 0 Å². The van der Waals surface area contributed by atoms with Crippen molar-refractivity contribution in [2.75, 3.05) is 47.4 Å². The molecule has 96 valence electrons. The molecular weight excluding hydrogens is 202 g/mol. The van der Waals surface area contributed by atoms with Gasteiger partial charge in [0.25, 0.3) is 0 Å². The van der Waals surface area contributed by atoms with E-state index in [4.69, 9.17) is 10.5 Å². The zero-order chi connectivity index (χ0) is 12.2. The van der Waals surface area contributed by atoms with Crippen LogP contribution in [0.15, 0.2) is 0 Å². The number of hydrogen-bond acceptors (Lipinski definition) is 4. The van der Waals surface area contributed by atoms with Crippen molar-refractivity contribution in [1.82, 2.24) is 9.80 Å².